The lowest BCUT2D eigenvalue weighted by Gasteiger charge is -2.35. The fraction of sp³-hybridized carbons (Fsp3) is 1.00. The van der Waals surface area contributed by atoms with Crippen LogP contribution in [-0.2, 0) is 0 Å². The highest BCUT2D eigenvalue weighted by Gasteiger charge is 2.19. The molecule has 0 heterocycles. The van der Waals surface area contributed by atoms with Crippen molar-refractivity contribution in [1.82, 2.24) is 0 Å². The number of nitrogens with zero attached hydrogens (tertiary/aromatic N) is 1. The lowest BCUT2D eigenvalue weighted by Crippen LogP contribution is -2.46. The van der Waals surface area contributed by atoms with Crippen LogP contribution in [0, 0.1) is 0 Å². The highest BCUT2D eigenvalue weighted by atomic mass is 35.5. The highest BCUT2D eigenvalue weighted by Crippen LogP contribution is 2.13. The third-order valence-corrected chi connectivity index (χ3v) is 4.20. The molecule has 0 amide bonds. The van der Waals surface area contributed by atoms with Gasteiger partial charge in [-0.05, 0) is 25.7 Å². The van der Waals surface area contributed by atoms with E-state index in [1.165, 1.54) is 81.9 Å². The third kappa shape index (κ3) is 10.2. The fourth-order valence-corrected chi connectivity index (χ4v) is 2.74. The predicted molar refractivity (Wildman–Crippen MR) is 84.4 cm³/mol. The summed E-state index contributed by atoms with van der Waals surface area (Å²) in [5, 5.41) is 0. The van der Waals surface area contributed by atoms with E-state index in [2.05, 4.69) is 20.9 Å². The van der Waals surface area contributed by atoms with E-state index in [4.69, 9.17) is 11.6 Å². The molecule has 0 aliphatic rings. The van der Waals surface area contributed by atoms with Crippen molar-refractivity contribution in [2.45, 2.75) is 71.6 Å². The van der Waals surface area contributed by atoms with Crippen LogP contribution in [0.2, 0.25) is 0 Å². The molecule has 110 valence electrons. The largest absolute Gasteiger partial charge is 0.326 e. The molecule has 0 aromatic heterocycles. The van der Waals surface area contributed by atoms with Gasteiger partial charge in [-0.15, -0.1) is 11.6 Å². The molecule has 0 saturated heterocycles. The molecule has 0 aliphatic heterocycles. The molecule has 0 bridgehead atoms. The maximum atomic E-state index is 5.86. The van der Waals surface area contributed by atoms with E-state index in [1.54, 1.807) is 0 Å². The summed E-state index contributed by atoms with van der Waals surface area (Å²) in [4.78, 5) is 0. The van der Waals surface area contributed by atoms with Gasteiger partial charge in [-0.25, -0.2) is 0 Å². The van der Waals surface area contributed by atoms with Gasteiger partial charge in [0.05, 0.1) is 26.7 Å². The Morgan fingerprint density at radius 2 is 1.11 bits per heavy atom. The third-order valence-electron chi connectivity index (χ3n) is 3.93. The van der Waals surface area contributed by atoms with Gasteiger partial charge in [0.25, 0.3) is 0 Å². The van der Waals surface area contributed by atoms with Crippen molar-refractivity contribution in [3.8, 4) is 0 Å². The second-order valence-electron chi connectivity index (χ2n) is 5.95. The van der Waals surface area contributed by atoms with Crippen LogP contribution in [0.1, 0.15) is 71.6 Å². The minimum absolute atomic E-state index is 0.817. The SMILES string of the molecule is CCCCCCC[N+](C)(CCCCl)CCCCC. The van der Waals surface area contributed by atoms with Crippen LogP contribution in [0.15, 0.2) is 0 Å². The van der Waals surface area contributed by atoms with Gasteiger partial charge in [0.1, 0.15) is 0 Å². The number of unbranched alkanes of at least 4 members (excludes halogenated alkanes) is 6. The Labute approximate surface area is 120 Å². The molecule has 0 rings (SSSR count). The Kier molecular flexibility index (Phi) is 12.5. The normalized spacial score (nSPS) is 14.7. The maximum Gasteiger partial charge on any atom is 0.0796 e. The smallest absolute Gasteiger partial charge is 0.0796 e. The molecule has 0 aliphatic carbocycles. The second-order valence-corrected chi connectivity index (χ2v) is 6.33. The number of alkyl halides is 1. The monoisotopic (exact) mass is 276 g/mol. The molecule has 1 nitrogen and oxygen atoms in total. The van der Waals surface area contributed by atoms with Crippen molar-refractivity contribution in [2.24, 2.45) is 0 Å². The van der Waals surface area contributed by atoms with Crippen LogP contribution in [0.4, 0.5) is 0 Å². The number of hydrogen-bond donors (Lipinski definition) is 0. The van der Waals surface area contributed by atoms with Crippen LogP contribution in [0.5, 0.6) is 0 Å². The molecule has 18 heavy (non-hydrogen) atoms. The van der Waals surface area contributed by atoms with Gasteiger partial charge in [-0.1, -0.05) is 39.5 Å². The number of rotatable bonds is 13. The van der Waals surface area contributed by atoms with Gasteiger partial charge >= 0.3 is 0 Å². The number of hydrogen-bond acceptors (Lipinski definition) is 0. The summed E-state index contributed by atoms with van der Waals surface area (Å²) in [5.74, 6) is 0.817. The number of quaternary nitrogens is 1. The number of halogens is 1. The van der Waals surface area contributed by atoms with Crippen molar-refractivity contribution in [2.75, 3.05) is 32.6 Å². The van der Waals surface area contributed by atoms with Crippen molar-refractivity contribution in [3.05, 3.63) is 0 Å². The average Bonchev–Trinajstić information content (AvgIpc) is 2.37. The van der Waals surface area contributed by atoms with Gasteiger partial charge in [0.2, 0.25) is 0 Å². The van der Waals surface area contributed by atoms with E-state index in [0.29, 0.717) is 0 Å². The van der Waals surface area contributed by atoms with E-state index < -0.39 is 0 Å². The van der Waals surface area contributed by atoms with Crippen LogP contribution in [0.3, 0.4) is 0 Å². The summed E-state index contributed by atoms with van der Waals surface area (Å²) in [5.41, 5.74) is 0. The van der Waals surface area contributed by atoms with Gasteiger partial charge in [0, 0.05) is 12.3 Å². The Bertz CT molecular complexity index is 172. The van der Waals surface area contributed by atoms with E-state index in [1.807, 2.05) is 0 Å². The van der Waals surface area contributed by atoms with Gasteiger partial charge in [-0.2, -0.15) is 0 Å². The Balaban J connectivity index is 3.87. The quantitative estimate of drug-likeness (QED) is 0.246. The van der Waals surface area contributed by atoms with Gasteiger partial charge < -0.3 is 4.48 Å². The van der Waals surface area contributed by atoms with Gasteiger partial charge in [0.15, 0.2) is 0 Å². The minimum Gasteiger partial charge on any atom is -0.326 e. The second kappa shape index (κ2) is 12.3. The average molecular weight is 277 g/mol. The first-order valence-electron chi connectivity index (χ1n) is 8.08. The lowest BCUT2D eigenvalue weighted by molar-refractivity contribution is -0.910. The van der Waals surface area contributed by atoms with Crippen LogP contribution in [-0.4, -0.2) is 37.0 Å². The van der Waals surface area contributed by atoms with Crippen LogP contribution in [0.25, 0.3) is 0 Å². The molecule has 0 saturated carbocycles. The van der Waals surface area contributed by atoms with E-state index in [0.717, 1.165) is 5.88 Å². The fourth-order valence-electron chi connectivity index (χ4n) is 2.62. The van der Waals surface area contributed by atoms with Crippen molar-refractivity contribution in [3.63, 3.8) is 0 Å². The zero-order chi connectivity index (χ0) is 13.7. The van der Waals surface area contributed by atoms with Crippen LogP contribution >= 0.6 is 11.6 Å². The maximum absolute atomic E-state index is 5.86. The zero-order valence-corrected chi connectivity index (χ0v) is 13.8. The minimum atomic E-state index is 0.817. The molecule has 2 heteroatoms. The molecular weight excluding hydrogens is 242 g/mol. The molecule has 0 aromatic carbocycles. The molecule has 0 fully saturated rings. The van der Waals surface area contributed by atoms with Crippen LogP contribution < -0.4 is 0 Å². The molecule has 0 aromatic rings. The Morgan fingerprint density at radius 1 is 0.667 bits per heavy atom. The van der Waals surface area contributed by atoms with Crippen molar-refractivity contribution < 1.29 is 4.48 Å². The molecule has 1 atom stereocenters. The molecular formula is C16H35ClN+. The summed E-state index contributed by atoms with van der Waals surface area (Å²) in [7, 11) is 2.43. The molecule has 0 N–H and O–H groups in total. The summed E-state index contributed by atoms with van der Waals surface area (Å²) >= 11 is 5.86. The van der Waals surface area contributed by atoms with E-state index >= 15 is 0 Å². The van der Waals surface area contributed by atoms with Crippen molar-refractivity contribution >= 4 is 11.6 Å². The summed E-state index contributed by atoms with van der Waals surface area (Å²) < 4.78 is 1.25. The van der Waals surface area contributed by atoms with E-state index in [9.17, 15) is 0 Å². The first kappa shape index (κ1) is 18.2. The standard InChI is InChI=1S/C16H35ClN/c1-4-6-8-9-11-15-18(3,16-12-13-17)14-10-7-5-2/h4-16H2,1-3H3/q+1. The lowest BCUT2D eigenvalue weighted by atomic mass is 10.1. The zero-order valence-electron chi connectivity index (χ0n) is 13.0. The topological polar surface area (TPSA) is 0 Å². The van der Waals surface area contributed by atoms with Crippen molar-refractivity contribution in [1.29, 1.82) is 0 Å². The summed E-state index contributed by atoms with van der Waals surface area (Å²) in [6, 6.07) is 0. The first-order valence-corrected chi connectivity index (χ1v) is 8.61. The molecule has 1 unspecified atom stereocenters. The summed E-state index contributed by atoms with van der Waals surface area (Å²) in [6.45, 7) is 8.53. The highest BCUT2D eigenvalue weighted by molar-refractivity contribution is 6.17. The molecule has 0 spiro atoms. The Morgan fingerprint density at radius 3 is 1.67 bits per heavy atom. The predicted octanol–water partition coefficient (Wildman–Crippen LogP) is 5.22. The van der Waals surface area contributed by atoms with Gasteiger partial charge in [-0.3, -0.25) is 0 Å². The molecule has 0 radical (unpaired) electrons. The Hall–Kier alpha value is 0.250. The van der Waals surface area contributed by atoms with E-state index in [-0.39, 0.29) is 0 Å². The summed E-state index contributed by atoms with van der Waals surface area (Å²) in [6.07, 6.45) is 12.2. The first-order chi connectivity index (χ1) is 8.68.